The van der Waals surface area contributed by atoms with Crippen molar-refractivity contribution >= 4 is 23.2 Å². The summed E-state index contributed by atoms with van der Waals surface area (Å²) in [4.78, 5) is 33.7. The van der Waals surface area contributed by atoms with E-state index in [1.165, 1.54) is 4.90 Å². The molecule has 3 atom stereocenters. The van der Waals surface area contributed by atoms with Gasteiger partial charge in [-0.2, -0.15) is 0 Å². The van der Waals surface area contributed by atoms with Gasteiger partial charge in [0.15, 0.2) is 6.10 Å². The van der Waals surface area contributed by atoms with E-state index in [1.54, 1.807) is 11.1 Å². The number of hydrogen-bond donors (Lipinski definition) is 0. The highest BCUT2D eigenvalue weighted by molar-refractivity contribution is 6.23. The first-order valence-corrected chi connectivity index (χ1v) is 9.57. The number of benzene rings is 2. The molecule has 0 N–H and O–H groups in total. The van der Waals surface area contributed by atoms with Crippen molar-refractivity contribution in [2.24, 2.45) is 5.92 Å². The highest BCUT2D eigenvalue weighted by Gasteiger charge is 2.59. The molecule has 0 radical (unpaired) electrons. The van der Waals surface area contributed by atoms with Gasteiger partial charge < -0.3 is 0 Å². The lowest BCUT2D eigenvalue weighted by Crippen LogP contribution is -2.40. The lowest BCUT2D eigenvalue weighted by atomic mass is 9.92. The molecule has 0 unspecified atom stereocenters. The Bertz CT molecular complexity index is 852. The van der Waals surface area contributed by atoms with E-state index in [2.05, 4.69) is 6.92 Å². The number of aryl methyl sites for hydroxylation is 1. The van der Waals surface area contributed by atoms with Crippen LogP contribution in [0.3, 0.4) is 0 Å². The predicted octanol–water partition coefficient (Wildman–Crippen LogP) is 3.86. The zero-order chi connectivity index (χ0) is 19.0. The van der Waals surface area contributed by atoms with Gasteiger partial charge in [0.25, 0.3) is 5.91 Å². The highest BCUT2D eigenvalue weighted by Crippen LogP contribution is 2.41. The van der Waals surface area contributed by atoms with E-state index < -0.39 is 12.0 Å². The van der Waals surface area contributed by atoms with E-state index in [0.717, 1.165) is 30.5 Å². The standard InChI is InChI=1S/C22H24N2O3/c1-3-4-13-18-19-20(27-24(18)16-10-6-5-7-11-16)22(26)23(21(19)25)17-12-8-9-15(2)14-17/h5-12,14,18-20H,3-4,13H2,1-2H3/t18-,19+,20+/m0/s1. The lowest BCUT2D eigenvalue weighted by Gasteiger charge is -2.28. The molecule has 0 saturated carbocycles. The molecule has 0 spiro atoms. The molecular formula is C22H24N2O3. The van der Waals surface area contributed by atoms with Gasteiger partial charge in [-0.05, 0) is 43.2 Å². The minimum atomic E-state index is -0.750. The second-order valence-electron chi connectivity index (χ2n) is 7.27. The SMILES string of the molecule is CCCC[C@H]1[C@H]2C(=O)N(c3cccc(C)c3)C(=O)[C@@H]2ON1c1ccccc1. The number of anilines is 2. The van der Waals surface area contributed by atoms with Crippen LogP contribution < -0.4 is 9.96 Å². The zero-order valence-electron chi connectivity index (χ0n) is 15.7. The maximum atomic E-state index is 13.3. The van der Waals surface area contributed by atoms with Crippen molar-refractivity contribution in [2.45, 2.75) is 45.3 Å². The smallest absolute Gasteiger partial charge is 0.266 e. The molecule has 2 aromatic rings. The van der Waals surface area contributed by atoms with Gasteiger partial charge in [-0.25, -0.2) is 9.96 Å². The first kappa shape index (κ1) is 17.7. The van der Waals surface area contributed by atoms with Gasteiger partial charge in [0.1, 0.15) is 0 Å². The summed E-state index contributed by atoms with van der Waals surface area (Å²) in [6.07, 6.45) is 2.07. The van der Waals surface area contributed by atoms with E-state index in [4.69, 9.17) is 4.84 Å². The lowest BCUT2D eigenvalue weighted by molar-refractivity contribution is -0.126. The number of para-hydroxylation sites is 1. The van der Waals surface area contributed by atoms with Crippen molar-refractivity contribution in [2.75, 3.05) is 9.96 Å². The Morgan fingerprint density at radius 2 is 1.70 bits per heavy atom. The van der Waals surface area contributed by atoms with Crippen LogP contribution in [0.2, 0.25) is 0 Å². The van der Waals surface area contributed by atoms with Crippen molar-refractivity contribution in [3.8, 4) is 0 Å². The van der Waals surface area contributed by atoms with Crippen LogP contribution in [0.25, 0.3) is 0 Å². The summed E-state index contributed by atoms with van der Waals surface area (Å²) in [6.45, 7) is 4.08. The quantitative estimate of drug-likeness (QED) is 0.756. The van der Waals surface area contributed by atoms with Crippen LogP contribution in [0.4, 0.5) is 11.4 Å². The molecule has 0 aliphatic carbocycles. The summed E-state index contributed by atoms with van der Waals surface area (Å²) in [6, 6.07) is 17.1. The van der Waals surface area contributed by atoms with Crippen LogP contribution in [0.15, 0.2) is 54.6 Å². The van der Waals surface area contributed by atoms with Crippen molar-refractivity contribution in [3.05, 3.63) is 60.2 Å². The maximum absolute atomic E-state index is 13.3. The summed E-state index contributed by atoms with van der Waals surface area (Å²) in [5.74, 6) is -0.893. The number of carbonyl (C=O) groups excluding carboxylic acids is 2. The van der Waals surface area contributed by atoms with Crippen LogP contribution in [-0.2, 0) is 14.4 Å². The second-order valence-corrected chi connectivity index (χ2v) is 7.27. The Morgan fingerprint density at radius 1 is 0.963 bits per heavy atom. The van der Waals surface area contributed by atoms with Crippen LogP contribution in [0, 0.1) is 12.8 Å². The monoisotopic (exact) mass is 364 g/mol. The van der Waals surface area contributed by atoms with Crippen molar-refractivity contribution in [1.82, 2.24) is 0 Å². The van der Waals surface area contributed by atoms with Crippen LogP contribution in [-0.4, -0.2) is 24.0 Å². The van der Waals surface area contributed by atoms with Gasteiger partial charge in [0, 0.05) is 0 Å². The summed E-state index contributed by atoms with van der Waals surface area (Å²) in [5.41, 5.74) is 2.53. The molecule has 2 saturated heterocycles. The molecule has 5 nitrogen and oxygen atoms in total. The Labute approximate surface area is 159 Å². The van der Waals surface area contributed by atoms with Gasteiger partial charge in [0.05, 0.1) is 23.3 Å². The Balaban J connectivity index is 1.68. The number of carbonyl (C=O) groups is 2. The normalized spacial score (nSPS) is 24.6. The fraction of sp³-hybridized carbons (Fsp3) is 0.364. The van der Waals surface area contributed by atoms with E-state index >= 15 is 0 Å². The topological polar surface area (TPSA) is 49.9 Å². The average Bonchev–Trinajstić information content (AvgIpc) is 3.17. The summed E-state index contributed by atoms with van der Waals surface area (Å²) < 4.78 is 0. The molecule has 4 rings (SSSR count). The van der Waals surface area contributed by atoms with Gasteiger partial charge in [-0.3, -0.25) is 14.4 Å². The number of imide groups is 1. The fourth-order valence-corrected chi connectivity index (χ4v) is 4.05. The molecule has 140 valence electrons. The van der Waals surface area contributed by atoms with Gasteiger partial charge >= 0.3 is 0 Å². The molecule has 2 amide bonds. The third-order valence-electron chi connectivity index (χ3n) is 5.36. The molecule has 0 aromatic heterocycles. The minimum Gasteiger partial charge on any atom is -0.273 e. The summed E-state index contributed by atoms with van der Waals surface area (Å²) in [7, 11) is 0. The molecule has 2 aromatic carbocycles. The van der Waals surface area contributed by atoms with E-state index in [0.29, 0.717) is 5.69 Å². The zero-order valence-corrected chi connectivity index (χ0v) is 15.7. The van der Waals surface area contributed by atoms with Crippen molar-refractivity contribution in [3.63, 3.8) is 0 Å². The Hall–Kier alpha value is -2.66. The number of unbranched alkanes of at least 4 members (excludes halogenated alkanes) is 1. The molecular weight excluding hydrogens is 340 g/mol. The minimum absolute atomic E-state index is 0.136. The van der Waals surface area contributed by atoms with Gasteiger partial charge in [-0.15, -0.1) is 0 Å². The summed E-state index contributed by atoms with van der Waals surface area (Å²) >= 11 is 0. The average molecular weight is 364 g/mol. The Kier molecular flexibility index (Phi) is 4.70. The first-order chi connectivity index (χ1) is 13.1. The molecule has 0 bridgehead atoms. The number of hydrogen-bond acceptors (Lipinski definition) is 4. The van der Waals surface area contributed by atoms with Crippen LogP contribution >= 0.6 is 0 Å². The van der Waals surface area contributed by atoms with Gasteiger partial charge in [0.2, 0.25) is 5.91 Å². The number of hydroxylamine groups is 1. The van der Waals surface area contributed by atoms with Crippen molar-refractivity contribution < 1.29 is 14.4 Å². The molecule has 2 aliphatic heterocycles. The molecule has 2 fully saturated rings. The largest absolute Gasteiger partial charge is 0.273 e. The number of nitrogens with zero attached hydrogens (tertiary/aromatic N) is 2. The number of rotatable bonds is 5. The third-order valence-corrected chi connectivity index (χ3v) is 5.36. The van der Waals surface area contributed by atoms with Crippen molar-refractivity contribution in [1.29, 1.82) is 0 Å². The fourth-order valence-electron chi connectivity index (χ4n) is 4.05. The van der Waals surface area contributed by atoms with E-state index in [9.17, 15) is 9.59 Å². The van der Waals surface area contributed by atoms with Gasteiger partial charge in [-0.1, -0.05) is 50.1 Å². The Morgan fingerprint density at radius 3 is 2.41 bits per heavy atom. The predicted molar refractivity (Wildman–Crippen MR) is 104 cm³/mol. The molecule has 5 heteroatoms. The van der Waals surface area contributed by atoms with E-state index in [1.807, 2.05) is 55.5 Å². The number of amides is 2. The number of fused-ring (bicyclic) bond motifs is 1. The van der Waals surface area contributed by atoms with Crippen LogP contribution in [0.1, 0.15) is 31.7 Å². The van der Waals surface area contributed by atoms with E-state index in [-0.39, 0.29) is 17.9 Å². The maximum Gasteiger partial charge on any atom is 0.266 e. The third kappa shape index (κ3) is 3.02. The molecule has 27 heavy (non-hydrogen) atoms. The van der Waals surface area contributed by atoms with Crippen LogP contribution in [0.5, 0.6) is 0 Å². The second kappa shape index (κ2) is 7.16. The summed E-state index contributed by atoms with van der Waals surface area (Å²) in [5, 5.41) is 1.79. The molecule has 2 heterocycles. The first-order valence-electron chi connectivity index (χ1n) is 9.57. The molecule has 2 aliphatic rings. The highest BCUT2D eigenvalue weighted by atomic mass is 16.7.